The van der Waals surface area contributed by atoms with Gasteiger partial charge in [-0.1, -0.05) is 0 Å². The second kappa shape index (κ2) is 30.0. The van der Waals surface area contributed by atoms with Gasteiger partial charge in [0.2, 0.25) is 0 Å². The number of nitrogens with zero attached hydrogens (tertiary/aromatic N) is 4. The molecular weight excluding hydrogens is 1070 g/mol. The normalized spacial score (nSPS) is 26.2. The number of aliphatic imine (C=N–C) groups is 2. The molecule has 0 unspecified atom stereocenters. The number of carboxylic acid groups (broad SMARTS) is 4. The molecule has 0 bridgehead atoms. The largest absolute Gasteiger partial charge is 2.00 e. The zero-order valence-corrected chi connectivity index (χ0v) is 44.6. The second-order valence-corrected chi connectivity index (χ2v) is 15.9. The fourth-order valence-electron chi connectivity index (χ4n) is 7.12. The third kappa shape index (κ3) is 20.0. The number of aliphatic hydroxyl groups is 4. The fourth-order valence-corrected chi connectivity index (χ4v) is 7.12. The molecule has 2 saturated heterocycles. The molecule has 24 N–H and O–H groups in total. The monoisotopic (exact) mass is 1140 g/mol. The number of aliphatic hydroxyl groups excluding tert-OH is 4. The van der Waals surface area contributed by atoms with Gasteiger partial charge in [-0.05, 0) is 38.5 Å². The van der Waals surface area contributed by atoms with Crippen molar-refractivity contribution in [3.63, 3.8) is 0 Å². The van der Waals surface area contributed by atoms with E-state index in [1.54, 1.807) is 0 Å². The predicted molar refractivity (Wildman–Crippen MR) is 227 cm³/mol. The minimum atomic E-state index is -0.922. The summed E-state index contributed by atoms with van der Waals surface area (Å²) < 4.78 is 3.94. The number of fused-ring (bicyclic) bond motifs is 2. The second-order valence-electron chi connectivity index (χ2n) is 15.9. The van der Waals surface area contributed by atoms with E-state index in [0.717, 1.165) is 24.5 Å². The van der Waals surface area contributed by atoms with Gasteiger partial charge in [-0.25, -0.2) is 39.8 Å². The number of hydrogen-bond acceptors (Lipinski definition) is 10. The first-order valence-corrected chi connectivity index (χ1v) is 20.7. The van der Waals surface area contributed by atoms with E-state index in [1.807, 2.05) is 9.15 Å². The zero-order valence-electron chi connectivity index (χ0n) is 39.7. The van der Waals surface area contributed by atoms with Crippen LogP contribution in [-0.2, 0) is 19.2 Å². The van der Waals surface area contributed by atoms with Gasteiger partial charge in [-0.15, -0.1) is 0 Å². The predicted octanol–water partition coefficient (Wildman–Crippen LogP) is -8.75. The van der Waals surface area contributed by atoms with Crippen LogP contribution in [0, 0.1) is 0 Å². The average Bonchev–Trinajstić information content (AvgIpc) is 3.74. The van der Waals surface area contributed by atoms with Gasteiger partial charge in [0.1, 0.15) is 37.4 Å². The van der Waals surface area contributed by atoms with Crippen molar-refractivity contribution in [3.05, 3.63) is 0 Å². The molecule has 62 heavy (non-hydrogen) atoms. The molecule has 0 spiro atoms. The van der Waals surface area contributed by atoms with E-state index >= 15 is 0 Å². The number of rotatable bonds is 22. The first-order valence-electron chi connectivity index (χ1n) is 20.7. The van der Waals surface area contributed by atoms with Crippen LogP contribution in [0.25, 0.3) is 0 Å². The van der Waals surface area contributed by atoms with Gasteiger partial charge in [0.05, 0.1) is 25.3 Å². The molecule has 10 atom stereocenters. The molecule has 0 aromatic heterocycles. The van der Waals surface area contributed by atoms with E-state index in [1.165, 1.54) is 0 Å². The number of guanidine groups is 2. The Labute approximate surface area is 446 Å². The molecule has 4 rings (SSSR count). The number of hydrogen-bond donors (Lipinski definition) is 16. The number of quaternary nitrogens is 4. The van der Waals surface area contributed by atoms with Crippen molar-refractivity contribution in [2.24, 2.45) is 9.98 Å². The Balaban J connectivity index is -0.000000534. The summed E-state index contributed by atoms with van der Waals surface area (Å²) in [6.45, 7) is 2.63. The Hall–Kier alpha value is -1.42. The molecule has 4 heterocycles. The molecular formula is C36H74Ba2N12O12+6. The Kier molecular flexibility index (Phi) is 28.3. The maximum Gasteiger partial charge on any atom is 2.00 e. The Morgan fingerprint density at radius 3 is 1.16 bits per heavy atom. The van der Waals surface area contributed by atoms with E-state index in [0.29, 0.717) is 102 Å². The van der Waals surface area contributed by atoms with Crippen LogP contribution in [-0.4, -0.2) is 295 Å². The quantitative estimate of drug-likeness (QED) is 0.0272. The Morgan fingerprint density at radius 1 is 0.548 bits per heavy atom. The molecule has 2 fully saturated rings. The van der Waals surface area contributed by atoms with Crippen molar-refractivity contribution < 1.29 is 97.8 Å². The SMILES string of the molecule is [Ba+2].[Ba+2].[H-].[H-].[H-].[H-].[NH3+][C@@H](CCCC[N+]1=C2NC(=NCCC[C@H]([NH3+])C(=O)O)N[C@H]2C[C@H](O)[C@H](O)C1)C(=O)O.[NH3+][C@@H](CCCC[N+]1=C2NC(=NCCC[C@H]([NH3+])C(=O)O)N[C@H]2C[C@H](O)[C@H](O)C1)C(=O)O. The number of unbranched alkanes of at least 4 members (excludes halogenated alkanes) is 2. The summed E-state index contributed by atoms with van der Waals surface area (Å²) in [5.74, 6) is -0.888. The summed E-state index contributed by atoms with van der Waals surface area (Å²) in [4.78, 5) is 52.3. The number of β-amino-alcohol motifs (C(OH)–C–C–N with tert-alkyl or cyclic N) is 2. The van der Waals surface area contributed by atoms with Gasteiger partial charge < -0.3 is 80.1 Å². The molecule has 26 heteroatoms. The topological polar surface area (TPSA) is 420 Å². The molecule has 4 aliphatic rings. The van der Waals surface area contributed by atoms with E-state index in [9.17, 15) is 39.6 Å². The van der Waals surface area contributed by atoms with Crippen molar-refractivity contribution in [2.75, 3.05) is 39.3 Å². The van der Waals surface area contributed by atoms with Crippen molar-refractivity contribution >= 4 is 145 Å². The standard InChI is InChI=1S/2C18H32N6O6.2Ba.4H/c2*19-10(16(27)28)4-1-2-7-24-9-14(26)13(25)8-12-15(24)23-18(22-12)21-6-3-5-11(20)17(29)30;;;;;;/h2*10-14,25-26H,1-9,19-20H2,(H3,21,22,27,28,29,30);;;;;;/q;;2*+2;4*-1/p+6/t2*10-,11-,12-,13-,14+;;;;;;/m00....../s1. The van der Waals surface area contributed by atoms with Crippen molar-refractivity contribution in [1.29, 1.82) is 0 Å². The fraction of sp³-hybridized carbons (Fsp3) is 0.778. The van der Waals surface area contributed by atoms with Crippen LogP contribution >= 0.6 is 0 Å². The molecule has 0 aliphatic carbocycles. The number of aliphatic carboxylic acids is 4. The summed E-state index contributed by atoms with van der Waals surface area (Å²) in [5, 5.41) is 89.3. The molecule has 0 radical (unpaired) electrons. The Morgan fingerprint density at radius 2 is 0.855 bits per heavy atom. The minimum absolute atomic E-state index is 0. The Bertz CT molecular complexity index is 1520. The van der Waals surface area contributed by atoms with Crippen molar-refractivity contribution in [3.8, 4) is 0 Å². The van der Waals surface area contributed by atoms with Crippen LogP contribution in [0.4, 0.5) is 0 Å². The van der Waals surface area contributed by atoms with Gasteiger partial charge in [-0.3, -0.25) is 9.15 Å². The van der Waals surface area contributed by atoms with Crippen molar-refractivity contribution in [1.82, 2.24) is 21.3 Å². The van der Waals surface area contributed by atoms with Crippen molar-refractivity contribution in [2.45, 2.75) is 138 Å². The third-order valence-electron chi connectivity index (χ3n) is 10.9. The smallest absolute Gasteiger partial charge is 1.00 e. The molecule has 348 valence electrons. The number of nitrogens with one attached hydrogen (secondary N) is 4. The average molecular weight is 1140 g/mol. The third-order valence-corrected chi connectivity index (χ3v) is 10.9. The van der Waals surface area contributed by atoms with Crippen LogP contribution in [0.2, 0.25) is 0 Å². The summed E-state index contributed by atoms with van der Waals surface area (Å²) in [5.41, 5.74) is 14.4. The number of amidine groups is 2. The summed E-state index contributed by atoms with van der Waals surface area (Å²) in [6.07, 6.45) is 3.02. The van der Waals surface area contributed by atoms with E-state index < -0.39 is 72.5 Å². The van der Waals surface area contributed by atoms with Gasteiger partial charge in [0, 0.05) is 51.6 Å². The van der Waals surface area contributed by atoms with Crippen LogP contribution in [0.1, 0.15) is 82.8 Å². The van der Waals surface area contributed by atoms with E-state index in [4.69, 9.17) is 20.4 Å². The van der Waals surface area contributed by atoms with Crippen LogP contribution < -0.4 is 44.2 Å². The number of carboxylic acids is 4. The van der Waals surface area contributed by atoms with Crippen LogP contribution in [0.15, 0.2) is 9.98 Å². The van der Waals surface area contributed by atoms with E-state index in [2.05, 4.69) is 54.2 Å². The molecule has 24 nitrogen and oxygen atoms in total. The molecule has 0 saturated carbocycles. The molecule has 0 amide bonds. The minimum Gasteiger partial charge on any atom is -1.00 e. The van der Waals surface area contributed by atoms with Crippen LogP contribution in [0.5, 0.6) is 0 Å². The zero-order chi connectivity index (χ0) is 44.5. The van der Waals surface area contributed by atoms with Gasteiger partial charge in [0.15, 0.2) is 24.2 Å². The maximum absolute atomic E-state index is 10.9. The van der Waals surface area contributed by atoms with Gasteiger partial charge in [-0.2, -0.15) is 0 Å². The molecule has 4 aliphatic heterocycles. The summed E-state index contributed by atoms with van der Waals surface area (Å²) in [6, 6.07) is -3.00. The molecule has 0 aromatic carbocycles. The van der Waals surface area contributed by atoms with Gasteiger partial charge >= 0.3 is 122 Å². The summed E-state index contributed by atoms with van der Waals surface area (Å²) in [7, 11) is 0. The van der Waals surface area contributed by atoms with Crippen LogP contribution in [0.3, 0.4) is 0 Å². The number of carbonyl (C=O) groups is 4. The van der Waals surface area contributed by atoms with E-state index in [-0.39, 0.29) is 129 Å². The summed E-state index contributed by atoms with van der Waals surface area (Å²) >= 11 is 0. The van der Waals surface area contributed by atoms with Gasteiger partial charge in [0.25, 0.3) is 23.6 Å². The molecule has 0 aromatic rings. The maximum atomic E-state index is 10.9. The first-order chi connectivity index (χ1) is 28.4. The first kappa shape index (κ1) is 58.6.